The molecule has 0 spiro atoms. The maximum absolute atomic E-state index is 11.6. The molecule has 0 bridgehead atoms. The number of nitrogens with zero attached hydrogens (tertiary/aromatic N) is 1. The third-order valence-electron chi connectivity index (χ3n) is 3.61. The topological polar surface area (TPSA) is 57.5 Å². The van der Waals surface area contributed by atoms with Crippen LogP contribution in [0.3, 0.4) is 0 Å². The van der Waals surface area contributed by atoms with Crippen LogP contribution in [0.2, 0.25) is 0 Å². The Morgan fingerprint density at radius 3 is 2.57 bits per heavy atom. The maximum atomic E-state index is 11.6. The molecule has 2 aromatic rings. The lowest BCUT2D eigenvalue weighted by molar-refractivity contribution is 0.252. The Bertz CT molecular complexity index is 633. The molecule has 0 saturated carbocycles. The van der Waals surface area contributed by atoms with Gasteiger partial charge in [0.25, 0.3) is 0 Å². The van der Waals surface area contributed by atoms with E-state index in [1.165, 1.54) is 0 Å². The van der Waals surface area contributed by atoms with E-state index in [-0.39, 0.29) is 12.1 Å². The minimum absolute atomic E-state index is 0.0323. The highest BCUT2D eigenvalue weighted by Gasteiger charge is 2.20. The molecule has 1 saturated heterocycles. The SMILES string of the molecule is Cc1ccc(C(C)Nc2ccc(N3CCNC3=O)cc2)o1. The van der Waals surface area contributed by atoms with Crippen molar-refractivity contribution in [1.29, 1.82) is 0 Å². The van der Waals surface area contributed by atoms with Gasteiger partial charge in [0, 0.05) is 24.5 Å². The lowest BCUT2D eigenvalue weighted by Crippen LogP contribution is -2.27. The van der Waals surface area contributed by atoms with Crippen LogP contribution in [0.4, 0.5) is 16.2 Å². The number of amides is 2. The number of nitrogens with one attached hydrogen (secondary N) is 2. The summed E-state index contributed by atoms with van der Waals surface area (Å²) in [6, 6.07) is 11.9. The second-order valence-electron chi connectivity index (χ2n) is 5.24. The fourth-order valence-corrected chi connectivity index (χ4v) is 2.46. The van der Waals surface area contributed by atoms with Crippen molar-refractivity contribution in [2.45, 2.75) is 19.9 Å². The third kappa shape index (κ3) is 2.86. The van der Waals surface area contributed by atoms with E-state index < -0.39 is 0 Å². The summed E-state index contributed by atoms with van der Waals surface area (Å²) in [4.78, 5) is 13.4. The van der Waals surface area contributed by atoms with Gasteiger partial charge in [-0.3, -0.25) is 4.90 Å². The van der Waals surface area contributed by atoms with Crippen molar-refractivity contribution in [3.05, 3.63) is 47.9 Å². The van der Waals surface area contributed by atoms with Gasteiger partial charge >= 0.3 is 6.03 Å². The fraction of sp³-hybridized carbons (Fsp3) is 0.312. The first-order valence-corrected chi connectivity index (χ1v) is 7.12. The summed E-state index contributed by atoms with van der Waals surface area (Å²) in [6.45, 7) is 5.41. The summed E-state index contributed by atoms with van der Waals surface area (Å²) >= 11 is 0. The number of urea groups is 1. The second kappa shape index (κ2) is 5.52. The van der Waals surface area contributed by atoms with E-state index in [0.717, 1.165) is 22.9 Å². The predicted molar refractivity (Wildman–Crippen MR) is 82.7 cm³/mol. The van der Waals surface area contributed by atoms with Crippen LogP contribution in [0.15, 0.2) is 40.8 Å². The monoisotopic (exact) mass is 285 g/mol. The van der Waals surface area contributed by atoms with Crippen molar-refractivity contribution in [3.8, 4) is 0 Å². The molecular formula is C16H19N3O2. The van der Waals surface area contributed by atoms with Crippen LogP contribution in [-0.4, -0.2) is 19.1 Å². The Balaban J connectivity index is 1.68. The van der Waals surface area contributed by atoms with Gasteiger partial charge in [0.05, 0.1) is 6.04 Å². The summed E-state index contributed by atoms with van der Waals surface area (Å²) in [5.74, 6) is 1.82. The number of anilines is 2. The van der Waals surface area contributed by atoms with Gasteiger partial charge in [0.15, 0.2) is 0 Å². The molecular weight excluding hydrogens is 266 g/mol. The zero-order chi connectivity index (χ0) is 14.8. The summed E-state index contributed by atoms with van der Waals surface area (Å²) in [7, 11) is 0. The number of furan rings is 1. The summed E-state index contributed by atoms with van der Waals surface area (Å²) in [6.07, 6.45) is 0. The molecule has 1 aromatic carbocycles. The number of carbonyl (C=O) groups is 1. The zero-order valence-electron chi connectivity index (χ0n) is 12.2. The highest BCUT2D eigenvalue weighted by atomic mass is 16.3. The van der Waals surface area contributed by atoms with Gasteiger partial charge in [-0.15, -0.1) is 0 Å². The van der Waals surface area contributed by atoms with Gasteiger partial charge in [-0.25, -0.2) is 4.79 Å². The minimum Gasteiger partial charge on any atom is -0.464 e. The van der Waals surface area contributed by atoms with Crippen molar-refractivity contribution < 1.29 is 9.21 Å². The Morgan fingerprint density at radius 1 is 1.24 bits per heavy atom. The number of rotatable bonds is 4. The molecule has 1 fully saturated rings. The van der Waals surface area contributed by atoms with E-state index >= 15 is 0 Å². The van der Waals surface area contributed by atoms with E-state index in [4.69, 9.17) is 4.42 Å². The van der Waals surface area contributed by atoms with Crippen LogP contribution in [0.5, 0.6) is 0 Å². The molecule has 2 heterocycles. The third-order valence-corrected chi connectivity index (χ3v) is 3.61. The van der Waals surface area contributed by atoms with Crippen LogP contribution in [0.25, 0.3) is 0 Å². The van der Waals surface area contributed by atoms with E-state index in [0.29, 0.717) is 13.1 Å². The summed E-state index contributed by atoms with van der Waals surface area (Å²) in [5.41, 5.74) is 1.91. The van der Waals surface area contributed by atoms with Crippen LogP contribution >= 0.6 is 0 Å². The average molecular weight is 285 g/mol. The van der Waals surface area contributed by atoms with Gasteiger partial charge < -0.3 is 15.1 Å². The summed E-state index contributed by atoms with van der Waals surface area (Å²) < 4.78 is 5.61. The van der Waals surface area contributed by atoms with Gasteiger partial charge in [-0.1, -0.05) is 0 Å². The van der Waals surface area contributed by atoms with Crippen LogP contribution in [0, 0.1) is 6.92 Å². The number of aryl methyl sites for hydroxylation is 1. The molecule has 21 heavy (non-hydrogen) atoms. The molecule has 1 atom stereocenters. The van der Waals surface area contributed by atoms with Crippen molar-refractivity contribution >= 4 is 17.4 Å². The second-order valence-corrected chi connectivity index (χ2v) is 5.24. The molecule has 2 amide bonds. The first kappa shape index (κ1) is 13.5. The molecule has 5 heteroatoms. The van der Waals surface area contributed by atoms with Crippen LogP contribution in [0.1, 0.15) is 24.5 Å². The smallest absolute Gasteiger partial charge is 0.321 e. The van der Waals surface area contributed by atoms with E-state index in [1.807, 2.05) is 43.3 Å². The highest BCUT2D eigenvalue weighted by Crippen LogP contribution is 2.24. The van der Waals surface area contributed by atoms with Gasteiger partial charge in [-0.2, -0.15) is 0 Å². The lowest BCUT2D eigenvalue weighted by Gasteiger charge is -2.16. The van der Waals surface area contributed by atoms with Gasteiger partial charge in [0.1, 0.15) is 11.5 Å². The van der Waals surface area contributed by atoms with Crippen molar-refractivity contribution in [1.82, 2.24) is 5.32 Å². The molecule has 1 aliphatic heterocycles. The lowest BCUT2D eigenvalue weighted by atomic mass is 10.2. The molecule has 1 aromatic heterocycles. The van der Waals surface area contributed by atoms with E-state index in [2.05, 4.69) is 17.6 Å². The Kier molecular flexibility index (Phi) is 3.56. The quantitative estimate of drug-likeness (QED) is 0.906. The molecule has 0 radical (unpaired) electrons. The van der Waals surface area contributed by atoms with Crippen molar-refractivity contribution in [3.63, 3.8) is 0 Å². The molecule has 5 nitrogen and oxygen atoms in total. The summed E-state index contributed by atoms with van der Waals surface area (Å²) in [5, 5.41) is 6.19. The van der Waals surface area contributed by atoms with Crippen molar-refractivity contribution in [2.24, 2.45) is 0 Å². The molecule has 2 N–H and O–H groups in total. The predicted octanol–water partition coefficient (Wildman–Crippen LogP) is 3.29. The molecule has 3 rings (SSSR count). The Hall–Kier alpha value is -2.43. The van der Waals surface area contributed by atoms with Crippen LogP contribution < -0.4 is 15.5 Å². The molecule has 0 aliphatic carbocycles. The maximum Gasteiger partial charge on any atom is 0.321 e. The largest absolute Gasteiger partial charge is 0.464 e. The van der Waals surface area contributed by atoms with E-state index in [1.54, 1.807) is 4.90 Å². The number of carbonyl (C=O) groups excluding carboxylic acids is 1. The number of hydrogen-bond donors (Lipinski definition) is 2. The number of benzene rings is 1. The first-order chi connectivity index (χ1) is 10.1. The zero-order valence-corrected chi connectivity index (χ0v) is 12.2. The van der Waals surface area contributed by atoms with Crippen LogP contribution in [-0.2, 0) is 0 Å². The average Bonchev–Trinajstić information content (AvgIpc) is 3.08. The van der Waals surface area contributed by atoms with Crippen molar-refractivity contribution in [2.75, 3.05) is 23.3 Å². The Labute approximate surface area is 123 Å². The fourth-order valence-electron chi connectivity index (χ4n) is 2.46. The molecule has 110 valence electrons. The Morgan fingerprint density at radius 2 is 2.00 bits per heavy atom. The standard InChI is InChI=1S/C16H19N3O2/c1-11-3-8-15(21-11)12(2)18-13-4-6-14(7-5-13)19-10-9-17-16(19)20/h3-8,12,18H,9-10H2,1-2H3,(H,17,20). The van der Waals surface area contributed by atoms with E-state index in [9.17, 15) is 4.79 Å². The molecule has 1 aliphatic rings. The van der Waals surface area contributed by atoms with Gasteiger partial charge in [-0.05, 0) is 50.2 Å². The highest BCUT2D eigenvalue weighted by molar-refractivity contribution is 5.94. The normalized spacial score (nSPS) is 15.9. The number of hydrogen-bond acceptors (Lipinski definition) is 3. The minimum atomic E-state index is -0.0323. The van der Waals surface area contributed by atoms with Gasteiger partial charge in [0.2, 0.25) is 0 Å². The first-order valence-electron chi connectivity index (χ1n) is 7.12. The molecule has 1 unspecified atom stereocenters.